The SMILES string of the molecule is Nc1nc2c(ncn2C2OC3CNP(=O)(O)OC4C(CNP(=O)(O)OC2C3O)OC(n2cnc3c(N)ncnc32)C4O)c(=O)[nH]1. The fourth-order valence-electron chi connectivity index (χ4n) is 5.47. The van der Waals surface area contributed by atoms with Gasteiger partial charge in [0.2, 0.25) is 5.95 Å². The second kappa shape index (κ2) is 10.8. The summed E-state index contributed by atoms with van der Waals surface area (Å²) in [5.74, 6) is -0.203. The zero-order valence-corrected chi connectivity index (χ0v) is 24.4. The number of aromatic amines is 1. The average Bonchev–Trinajstić information content (AvgIpc) is 3.72. The Morgan fingerprint density at radius 2 is 1.44 bits per heavy atom. The van der Waals surface area contributed by atoms with Crippen molar-refractivity contribution in [1.82, 2.24) is 49.2 Å². The third-order valence-electron chi connectivity index (χ3n) is 7.52. The molecule has 0 spiro atoms. The molecule has 25 heteroatoms. The van der Waals surface area contributed by atoms with Crippen LogP contribution in [0.15, 0.2) is 23.8 Å². The number of nitrogens with two attached hydrogens (primary N) is 2. The Morgan fingerprint density at radius 1 is 0.822 bits per heavy atom. The number of imidazole rings is 2. The number of aromatic nitrogens is 8. The third-order valence-corrected chi connectivity index (χ3v) is 9.74. The predicted octanol–water partition coefficient (Wildman–Crippen LogP) is -3.20. The second-order valence-electron chi connectivity index (χ2n) is 10.4. The molecule has 3 fully saturated rings. The molecule has 0 amide bonds. The van der Waals surface area contributed by atoms with Crippen LogP contribution in [0, 0.1) is 0 Å². The quantitative estimate of drug-likeness (QED) is 0.0947. The highest BCUT2D eigenvalue weighted by atomic mass is 31.2. The van der Waals surface area contributed by atoms with Crippen LogP contribution in [0.25, 0.3) is 22.3 Å². The van der Waals surface area contributed by atoms with Gasteiger partial charge in [-0.15, -0.1) is 0 Å². The first-order valence-corrected chi connectivity index (χ1v) is 16.3. The van der Waals surface area contributed by atoms with Gasteiger partial charge < -0.3 is 40.9 Å². The maximum atomic E-state index is 13.3. The van der Waals surface area contributed by atoms with E-state index in [1.807, 2.05) is 0 Å². The average molecular weight is 672 g/mol. The van der Waals surface area contributed by atoms with E-state index in [0.717, 1.165) is 6.33 Å². The molecule has 4 aromatic rings. The minimum Gasteiger partial charge on any atom is -0.387 e. The molecule has 10 atom stereocenters. The van der Waals surface area contributed by atoms with Crippen molar-refractivity contribution < 1.29 is 47.7 Å². The van der Waals surface area contributed by atoms with Gasteiger partial charge in [0.05, 0.1) is 12.7 Å². The summed E-state index contributed by atoms with van der Waals surface area (Å²) in [5.41, 5.74) is 11.0. The van der Waals surface area contributed by atoms with Gasteiger partial charge >= 0.3 is 15.5 Å². The molecule has 3 aliphatic rings. The molecular formula is C20H26N12O11P2. The molecule has 11 N–H and O–H groups in total. The number of nitrogens with one attached hydrogen (secondary N) is 3. The monoisotopic (exact) mass is 672 g/mol. The Balaban J connectivity index is 1.21. The Bertz CT molecular complexity index is 1940. The van der Waals surface area contributed by atoms with Gasteiger partial charge in [-0.1, -0.05) is 0 Å². The number of rotatable bonds is 2. The molecule has 3 saturated heterocycles. The van der Waals surface area contributed by atoms with Crippen LogP contribution < -0.4 is 27.2 Å². The number of hydrogen-bond acceptors (Lipinski definition) is 16. The van der Waals surface area contributed by atoms with Gasteiger partial charge in [-0.05, 0) is 0 Å². The first-order valence-electron chi connectivity index (χ1n) is 13.2. The summed E-state index contributed by atoms with van der Waals surface area (Å²) in [5, 5.41) is 26.8. The Labute approximate surface area is 249 Å². The van der Waals surface area contributed by atoms with Crippen LogP contribution in [0.5, 0.6) is 0 Å². The van der Waals surface area contributed by atoms with Crippen LogP contribution in [-0.4, -0.2) is 109 Å². The molecule has 4 aromatic heterocycles. The maximum Gasteiger partial charge on any atom is 0.403 e. The van der Waals surface area contributed by atoms with Crippen molar-refractivity contribution in [2.24, 2.45) is 0 Å². The minimum absolute atomic E-state index is 0.0567. The fraction of sp³-hybridized carbons (Fsp3) is 0.500. The van der Waals surface area contributed by atoms with Crippen molar-refractivity contribution in [2.45, 2.75) is 49.1 Å². The summed E-state index contributed by atoms with van der Waals surface area (Å²) >= 11 is 0. The van der Waals surface area contributed by atoms with E-state index in [9.17, 15) is 33.9 Å². The van der Waals surface area contributed by atoms with Gasteiger partial charge in [0, 0.05) is 13.1 Å². The number of fused-ring (bicyclic) bond motifs is 5. The van der Waals surface area contributed by atoms with E-state index >= 15 is 0 Å². The van der Waals surface area contributed by atoms with Gasteiger partial charge in [0.15, 0.2) is 35.1 Å². The Morgan fingerprint density at radius 3 is 2.18 bits per heavy atom. The summed E-state index contributed by atoms with van der Waals surface area (Å²) in [6, 6.07) is 0. The molecule has 3 aliphatic heterocycles. The van der Waals surface area contributed by atoms with Crippen LogP contribution in [0.1, 0.15) is 12.5 Å². The van der Waals surface area contributed by atoms with E-state index < -0.39 is 83.2 Å². The summed E-state index contributed by atoms with van der Waals surface area (Å²) < 4.78 is 51.6. The predicted molar refractivity (Wildman–Crippen MR) is 148 cm³/mol. The number of aliphatic hydroxyl groups excluding tert-OH is 2. The molecule has 0 aliphatic carbocycles. The van der Waals surface area contributed by atoms with E-state index in [4.69, 9.17) is 30.0 Å². The molecule has 45 heavy (non-hydrogen) atoms. The lowest BCUT2D eigenvalue weighted by Crippen LogP contribution is -2.40. The molecule has 242 valence electrons. The van der Waals surface area contributed by atoms with Gasteiger partial charge in [0.1, 0.15) is 48.5 Å². The number of ether oxygens (including phenoxy) is 2. The molecule has 7 rings (SSSR count). The minimum atomic E-state index is -4.84. The van der Waals surface area contributed by atoms with Crippen molar-refractivity contribution >= 4 is 49.6 Å². The van der Waals surface area contributed by atoms with Crippen LogP contribution in [0.4, 0.5) is 11.8 Å². The first kappa shape index (κ1) is 30.2. The third kappa shape index (κ3) is 5.31. The maximum absolute atomic E-state index is 13.3. The van der Waals surface area contributed by atoms with Crippen molar-refractivity contribution in [3.05, 3.63) is 29.3 Å². The standard InChI is InChI=1S/C20H26N12O11P2/c21-14-8-15(24-3-23-14)31(4-25-8)18-11(34)12-7(41-18)2-28-45(38,39)43-13-10(33)6(1-27-44(36,37)42-12)40-19(13)32-5-26-9-16(32)29-20(22)30-17(9)35/h3-7,10-13,18-19,33-34H,1-2H2,(H2,21,23,24)(H2,27,36,37)(H2,28,38,39)(H3,22,29,30,35). The lowest BCUT2D eigenvalue weighted by atomic mass is 10.1. The zero-order valence-electron chi connectivity index (χ0n) is 22.6. The highest BCUT2D eigenvalue weighted by Crippen LogP contribution is 2.49. The van der Waals surface area contributed by atoms with E-state index in [-0.39, 0.29) is 34.1 Å². The number of nitrogens with zero attached hydrogens (tertiary/aromatic N) is 7. The van der Waals surface area contributed by atoms with Gasteiger partial charge in [-0.25, -0.2) is 39.2 Å². The van der Waals surface area contributed by atoms with E-state index in [1.54, 1.807) is 0 Å². The van der Waals surface area contributed by atoms with Crippen molar-refractivity contribution in [2.75, 3.05) is 24.6 Å². The van der Waals surface area contributed by atoms with Crippen molar-refractivity contribution in [1.29, 1.82) is 0 Å². The van der Waals surface area contributed by atoms with Crippen molar-refractivity contribution in [3.63, 3.8) is 0 Å². The molecule has 10 unspecified atom stereocenters. The van der Waals surface area contributed by atoms with Crippen LogP contribution >= 0.6 is 15.5 Å². The Hall–Kier alpha value is -3.44. The zero-order chi connectivity index (χ0) is 31.8. The van der Waals surface area contributed by atoms with Gasteiger partial charge in [-0.3, -0.25) is 28.0 Å². The highest BCUT2D eigenvalue weighted by molar-refractivity contribution is 7.50. The smallest absolute Gasteiger partial charge is 0.387 e. The van der Waals surface area contributed by atoms with Crippen LogP contribution in [0.2, 0.25) is 0 Å². The number of nitrogen functional groups attached to an aromatic ring is 2. The van der Waals surface area contributed by atoms with Gasteiger partial charge in [-0.2, -0.15) is 4.98 Å². The highest BCUT2D eigenvalue weighted by Gasteiger charge is 2.53. The number of hydrogen-bond donors (Lipinski definition) is 9. The summed E-state index contributed by atoms with van der Waals surface area (Å²) in [4.78, 5) is 56.2. The lowest BCUT2D eigenvalue weighted by molar-refractivity contribution is -0.0358. The van der Waals surface area contributed by atoms with E-state index in [1.165, 1.54) is 21.8 Å². The summed E-state index contributed by atoms with van der Waals surface area (Å²) in [7, 11) is -9.63. The van der Waals surface area contributed by atoms with E-state index in [2.05, 4.69) is 40.1 Å². The Kier molecular flexibility index (Phi) is 7.27. The molecule has 0 saturated carbocycles. The molecule has 0 aromatic carbocycles. The molecule has 7 heterocycles. The molecular weight excluding hydrogens is 646 g/mol. The summed E-state index contributed by atoms with van der Waals surface area (Å²) in [6.07, 6.45) is -8.26. The van der Waals surface area contributed by atoms with Gasteiger partial charge in [0.25, 0.3) is 5.56 Å². The van der Waals surface area contributed by atoms with E-state index in [0.29, 0.717) is 0 Å². The van der Waals surface area contributed by atoms with Crippen LogP contribution in [-0.2, 0) is 27.7 Å². The molecule has 23 nitrogen and oxygen atoms in total. The number of anilines is 2. The normalized spacial score (nSPS) is 37.7. The fourth-order valence-corrected chi connectivity index (χ4v) is 7.59. The summed E-state index contributed by atoms with van der Waals surface area (Å²) in [6.45, 7) is -1.10. The molecule has 0 radical (unpaired) electrons. The van der Waals surface area contributed by atoms with Crippen molar-refractivity contribution in [3.8, 4) is 0 Å². The largest absolute Gasteiger partial charge is 0.403 e. The first-order chi connectivity index (χ1) is 21.3. The number of H-pyrrole nitrogens is 1. The number of aliphatic hydroxyl groups is 2. The van der Waals surface area contributed by atoms with Crippen LogP contribution in [0.3, 0.4) is 0 Å². The topological polar surface area (TPSA) is 335 Å². The molecule has 2 bridgehead atoms. The lowest BCUT2D eigenvalue weighted by Gasteiger charge is -2.26. The second-order valence-corrected chi connectivity index (χ2v) is 13.5.